The highest BCUT2D eigenvalue weighted by Gasteiger charge is 2.17. The number of para-hydroxylation sites is 1. The molecule has 1 N–H and O–H groups in total. The Morgan fingerprint density at radius 3 is 2.69 bits per heavy atom. The number of carbonyl (C=O) groups is 1. The van der Waals surface area contributed by atoms with E-state index in [9.17, 15) is 13.6 Å². The number of aromatic nitrogens is 1. The van der Waals surface area contributed by atoms with Crippen LogP contribution in [0.5, 0.6) is 5.75 Å². The van der Waals surface area contributed by atoms with Crippen LogP contribution in [0.1, 0.15) is 27.2 Å². The molecular formula is C18H22F2N2O3S. The summed E-state index contributed by atoms with van der Waals surface area (Å²) in [5, 5.41) is 4.73. The Morgan fingerprint density at radius 1 is 1.27 bits per heavy atom. The third-order valence-corrected chi connectivity index (χ3v) is 4.30. The van der Waals surface area contributed by atoms with E-state index >= 15 is 0 Å². The van der Waals surface area contributed by atoms with E-state index in [0.29, 0.717) is 28.9 Å². The van der Waals surface area contributed by atoms with Gasteiger partial charge in [0.15, 0.2) is 5.13 Å². The number of benzene rings is 1. The number of hydrogen-bond donors (Lipinski definition) is 1. The van der Waals surface area contributed by atoms with Gasteiger partial charge >= 0.3 is 6.61 Å². The van der Waals surface area contributed by atoms with Crippen LogP contribution < -0.4 is 10.1 Å². The minimum atomic E-state index is -2.92. The maximum atomic E-state index is 12.5. The molecule has 1 aromatic heterocycles. The molecule has 0 saturated carbocycles. The van der Waals surface area contributed by atoms with Crippen LogP contribution in [0.25, 0.3) is 11.3 Å². The molecule has 0 saturated heterocycles. The van der Waals surface area contributed by atoms with Crippen LogP contribution in [0.4, 0.5) is 13.9 Å². The molecule has 5 nitrogen and oxygen atoms in total. The Hall–Kier alpha value is -2.06. The predicted octanol–water partition coefficient (Wildman–Crippen LogP) is 4.80. The van der Waals surface area contributed by atoms with Crippen molar-refractivity contribution in [1.82, 2.24) is 4.98 Å². The van der Waals surface area contributed by atoms with E-state index in [1.54, 1.807) is 30.5 Å². The van der Waals surface area contributed by atoms with E-state index in [1.165, 1.54) is 17.4 Å². The highest BCUT2D eigenvalue weighted by Crippen LogP contribution is 2.33. The second-order valence-electron chi connectivity index (χ2n) is 6.10. The molecule has 0 aliphatic carbocycles. The quantitative estimate of drug-likeness (QED) is 0.675. The maximum absolute atomic E-state index is 12.5. The first-order chi connectivity index (χ1) is 12.4. The molecule has 1 aromatic carbocycles. The molecule has 0 aliphatic rings. The van der Waals surface area contributed by atoms with Gasteiger partial charge in [-0.1, -0.05) is 26.0 Å². The molecular weight excluding hydrogens is 362 g/mol. The molecule has 8 heteroatoms. The molecule has 0 bridgehead atoms. The fraction of sp³-hybridized carbons (Fsp3) is 0.444. The lowest BCUT2D eigenvalue weighted by atomic mass is 10.1. The predicted molar refractivity (Wildman–Crippen MR) is 97.7 cm³/mol. The summed E-state index contributed by atoms with van der Waals surface area (Å²) in [6.07, 6.45) is 0.274. The van der Waals surface area contributed by atoms with Gasteiger partial charge in [0.2, 0.25) is 0 Å². The summed E-state index contributed by atoms with van der Waals surface area (Å²) >= 11 is 1.20. The zero-order chi connectivity index (χ0) is 19.1. The highest BCUT2D eigenvalue weighted by atomic mass is 32.1. The van der Waals surface area contributed by atoms with Crippen LogP contribution in [0, 0.1) is 5.92 Å². The van der Waals surface area contributed by atoms with Gasteiger partial charge in [0, 0.05) is 17.6 Å². The van der Waals surface area contributed by atoms with Crippen molar-refractivity contribution < 1.29 is 23.0 Å². The Balaban J connectivity index is 2.01. The number of thiazole rings is 1. The molecule has 142 valence electrons. The highest BCUT2D eigenvalue weighted by molar-refractivity contribution is 7.14. The van der Waals surface area contributed by atoms with Gasteiger partial charge < -0.3 is 9.47 Å². The van der Waals surface area contributed by atoms with Gasteiger partial charge in [-0.2, -0.15) is 8.78 Å². The number of nitrogens with one attached hydrogen (secondary N) is 1. The first-order valence-corrected chi connectivity index (χ1v) is 9.17. The smallest absolute Gasteiger partial charge is 0.387 e. The van der Waals surface area contributed by atoms with E-state index in [1.807, 2.05) is 0 Å². The molecule has 0 fully saturated rings. The Labute approximate surface area is 155 Å². The molecule has 26 heavy (non-hydrogen) atoms. The summed E-state index contributed by atoms with van der Waals surface area (Å²) in [5.41, 5.74) is 0.890. The lowest BCUT2D eigenvalue weighted by Crippen LogP contribution is -2.28. The number of halogens is 2. The number of amides is 1. The normalized spacial score (nSPS) is 12.4. The van der Waals surface area contributed by atoms with Gasteiger partial charge in [0.05, 0.1) is 5.69 Å². The fourth-order valence-corrected chi connectivity index (χ4v) is 2.81. The van der Waals surface area contributed by atoms with Gasteiger partial charge in [-0.15, -0.1) is 11.3 Å². The third-order valence-electron chi connectivity index (χ3n) is 3.55. The second-order valence-corrected chi connectivity index (χ2v) is 6.96. The van der Waals surface area contributed by atoms with E-state index in [2.05, 4.69) is 28.9 Å². The van der Waals surface area contributed by atoms with Crippen LogP contribution in [-0.2, 0) is 9.53 Å². The summed E-state index contributed by atoms with van der Waals surface area (Å²) in [7, 11) is 0. The number of ether oxygens (including phenoxy) is 2. The van der Waals surface area contributed by atoms with Crippen LogP contribution in [0.15, 0.2) is 29.6 Å². The van der Waals surface area contributed by atoms with Gasteiger partial charge in [-0.25, -0.2) is 4.98 Å². The molecule has 0 spiro atoms. The average Bonchev–Trinajstić information content (AvgIpc) is 3.02. The molecule has 1 unspecified atom stereocenters. The summed E-state index contributed by atoms with van der Waals surface area (Å²) < 4.78 is 35.1. The van der Waals surface area contributed by atoms with Crippen molar-refractivity contribution in [2.45, 2.75) is 39.9 Å². The summed E-state index contributed by atoms with van der Waals surface area (Å²) in [5.74, 6) is 0.241. The number of hydrogen-bond acceptors (Lipinski definition) is 5. The standard InChI is InChI=1S/C18H22F2N2O3S/c1-11(2)8-9-24-12(3)16(23)22-18-21-14(10-26-18)13-6-4-5-7-15(13)25-17(19)20/h4-7,10-12,17H,8-9H2,1-3H3,(H,21,22,23). The van der Waals surface area contributed by atoms with Crippen molar-refractivity contribution >= 4 is 22.4 Å². The van der Waals surface area contributed by atoms with Crippen molar-refractivity contribution in [2.75, 3.05) is 11.9 Å². The molecule has 1 amide bonds. The van der Waals surface area contributed by atoms with Crippen LogP contribution in [-0.4, -0.2) is 30.2 Å². The van der Waals surface area contributed by atoms with Crippen molar-refractivity contribution in [2.24, 2.45) is 5.92 Å². The molecule has 1 heterocycles. The Bertz CT molecular complexity index is 722. The molecule has 1 atom stereocenters. The topological polar surface area (TPSA) is 60.5 Å². The van der Waals surface area contributed by atoms with Crippen molar-refractivity contribution in [1.29, 1.82) is 0 Å². The average molecular weight is 384 g/mol. The minimum absolute atomic E-state index is 0.0380. The number of carbonyl (C=O) groups excluding carboxylic acids is 1. The zero-order valence-electron chi connectivity index (χ0n) is 14.9. The van der Waals surface area contributed by atoms with E-state index < -0.39 is 12.7 Å². The van der Waals surface area contributed by atoms with E-state index in [4.69, 9.17) is 4.74 Å². The van der Waals surface area contributed by atoms with Gasteiger partial charge in [-0.05, 0) is 31.4 Å². The van der Waals surface area contributed by atoms with Crippen molar-refractivity contribution in [3.05, 3.63) is 29.6 Å². The van der Waals surface area contributed by atoms with Gasteiger partial charge in [-0.3, -0.25) is 10.1 Å². The Kier molecular flexibility index (Phi) is 7.47. The fourth-order valence-electron chi connectivity index (χ4n) is 2.10. The first-order valence-electron chi connectivity index (χ1n) is 8.29. The number of nitrogens with zero attached hydrogens (tertiary/aromatic N) is 1. The van der Waals surface area contributed by atoms with Gasteiger partial charge in [0.1, 0.15) is 11.9 Å². The summed E-state index contributed by atoms with van der Waals surface area (Å²) in [6.45, 7) is 3.43. The van der Waals surface area contributed by atoms with Crippen molar-refractivity contribution in [3.63, 3.8) is 0 Å². The van der Waals surface area contributed by atoms with E-state index in [-0.39, 0.29) is 11.7 Å². The zero-order valence-corrected chi connectivity index (χ0v) is 15.7. The summed E-state index contributed by atoms with van der Waals surface area (Å²) in [4.78, 5) is 16.4. The molecule has 2 rings (SSSR count). The largest absolute Gasteiger partial charge is 0.434 e. The SMILES string of the molecule is CC(C)CCOC(C)C(=O)Nc1nc(-c2ccccc2OC(F)F)cs1. The van der Waals surface area contributed by atoms with Gasteiger partial charge in [0.25, 0.3) is 5.91 Å². The second kappa shape index (κ2) is 9.59. The van der Waals surface area contributed by atoms with Crippen LogP contribution in [0.3, 0.4) is 0 Å². The first kappa shape index (κ1) is 20.3. The maximum Gasteiger partial charge on any atom is 0.387 e. The lowest BCUT2D eigenvalue weighted by Gasteiger charge is -2.13. The minimum Gasteiger partial charge on any atom is -0.434 e. The van der Waals surface area contributed by atoms with Crippen LogP contribution >= 0.6 is 11.3 Å². The van der Waals surface area contributed by atoms with Crippen molar-refractivity contribution in [3.8, 4) is 17.0 Å². The number of rotatable bonds is 9. The Morgan fingerprint density at radius 2 is 2.00 bits per heavy atom. The molecule has 2 aromatic rings. The third kappa shape index (κ3) is 6.03. The monoisotopic (exact) mass is 384 g/mol. The summed E-state index contributed by atoms with van der Waals surface area (Å²) in [6, 6.07) is 6.39. The number of anilines is 1. The number of alkyl halides is 2. The molecule has 0 radical (unpaired) electrons. The lowest BCUT2D eigenvalue weighted by molar-refractivity contribution is -0.126. The van der Waals surface area contributed by atoms with Crippen LogP contribution in [0.2, 0.25) is 0 Å². The molecule has 0 aliphatic heterocycles. The van der Waals surface area contributed by atoms with E-state index in [0.717, 1.165) is 6.42 Å².